The Labute approximate surface area is 157 Å². The van der Waals surface area contributed by atoms with E-state index in [-0.39, 0.29) is 18.6 Å². The lowest BCUT2D eigenvalue weighted by Crippen LogP contribution is -2.35. The van der Waals surface area contributed by atoms with Crippen LogP contribution < -0.4 is 4.74 Å². The van der Waals surface area contributed by atoms with Crippen LogP contribution >= 0.6 is 24.0 Å². The van der Waals surface area contributed by atoms with Gasteiger partial charge >= 0.3 is 5.97 Å². The second kappa shape index (κ2) is 9.01. The van der Waals surface area contributed by atoms with Crippen LogP contribution in [-0.4, -0.2) is 40.4 Å². The Morgan fingerprint density at radius 2 is 2.08 bits per heavy atom. The molecule has 0 unspecified atom stereocenters. The van der Waals surface area contributed by atoms with Crippen LogP contribution in [0.5, 0.6) is 5.75 Å². The maximum atomic E-state index is 12.6. The predicted octanol–water partition coefficient (Wildman–Crippen LogP) is 3.63. The number of rotatable bonds is 7. The minimum Gasteiger partial charge on any atom is -0.493 e. The van der Waals surface area contributed by atoms with Gasteiger partial charge in [-0.1, -0.05) is 49.1 Å². The van der Waals surface area contributed by atoms with Crippen molar-refractivity contribution in [3.05, 3.63) is 34.7 Å². The second-order valence-corrected chi connectivity index (χ2v) is 7.12. The van der Waals surface area contributed by atoms with Gasteiger partial charge in [0.25, 0.3) is 5.91 Å². The average Bonchev–Trinajstić information content (AvgIpc) is 2.84. The number of carbonyl (C=O) groups excluding carboxylic acids is 2. The first kappa shape index (κ1) is 19.5. The number of para-hydroxylation sites is 1. The first-order valence-corrected chi connectivity index (χ1v) is 9.35. The fraction of sp³-hybridized carbons (Fsp3) is 0.389. The van der Waals surface area contributed by atoms with Gasteiger partial charge in [-0.3, -0.25) is 14.5 Å². The minimum absolute atomic E-state index is 0.167. The van der Waals surface area contributed by atoms with Gasteiger partial charge in [-0.25, -0.2) is 0 Å². The summed E-state index contributed by atoms with van der Waals surface area (Å²) in [6.45, 7) is 6.01. The molecule has 0 aliphatic carbocycles. The highest BCUT2D eigenvalue weighted by Gasteiger charge is 2.34. The molecule has 1 atom stereocenters. The van der Waals surface area contributed by atoms with Crippen LogP contribution in [0.25, 0.3) is 6.08 Å². The summed E-state index contributed by atoms with van der Waals surface area (Å²) in [5.74, 6) is -0.0459. The molecule has 1 fully saturated rings. The number of thiocarbonyl (C=S) groups is 1. The lowest BCUT2D eigenvalue weighted by atomic mass is 10.2. The standard InChI is InChI=1S/C18H21NO4S2/c1-4-12(3)23-16(20)11-19-17(21)15(25-18(19)24)10-13-8-6-7-9-14(13)22-5-2/h6-10,12H,4-5,11H2,1-3H3/b15-10+/t12-/m1/s1. The molecule has 1 aromatic carbocycles. The van der Waals surface area contributed by atoms with Crippen molar-refractivity contribution in [3.63, 3.8) is 0 Å². The number of benzene rings is 1. The molecule has 2 rings (SSSR count). The Balaban J connectivity index is 2.14. The van der Waals surface area contributed by atoms with Crippen LogP contribution in [-0.2, 0) is 14.3 Å². The summed E-state index contributed by atoms with van der Waals surface area (Å²) in [5.41, 5.74) is 0.798. The Morgan fingerprint density at radius 1 is 1.36 bits per heavy atom. The Morgan fingerprint density at radius 3 is 2.76 bits per heavy atom. The van der Waals surface area contributed by atoms with Gasteiger partial charge in [-0.2, -0.15) is 0 Å². The van der Waals surface area contributed by atoms with Crippen LogP contribution in [0, 0.1) is 0 Å². The lowest BCUT2D eigenvalue weighted by Gasteiger charge is -2.16. The molecule has 0 N–H and O–H groups in total. The number of carbonyl (C=O) groups is 2. The van der Waals surface area contributed by atoms with Crippen LogP contribution in [0.15, 0.2) is 29.2 Å². The van der Waals surface area contributed by atoms with E-state index < -0.39 is 5.97 Å². The van der Waals surface area contributed by atoms with E-state index in [1.54, 1.807) is 6.08 Å². The fourth-order valence-electron chi connectivity index (χ4n) is 2.14. The largest absolute Gasteiger partial charge is 0.493 e. The normalized spacial score (nSPS) is 17.1. The Hall–Kier alpha value is -1.86. The molecule has 1 aromatic rings. The van der Waals surface area contributed by atoms with Crippen LogP contribution in [0.2, 0.25) is 0 Å². The molecule has 1 amide bonds. The summed E-state index contributed by atoms with van der Waals surface area (Å²) in [5, 5.41) is 0. The van der Waals surface area contributed by atoms with Crippen molar-refractivity contribution in [2.45, 2.75) is 33.3 Å². The number of ether oxygens (including phenoxy) is 2. The summed E-state index contributed by atoms with van der Waals surface area (Å²) in [7, 11) is 0. The molecule has 0 saturated carbocycles. The van der Waals surface area contributed by atoms with Crippen molar-refractivity contribution in [3.8, 4) is 5.75 Å². The molecule has 1 saturated heterocycles. The highest BCUT2D eigenvalue weighted by Crippen LogP contribution is 2.34. The smallest absolute Gasteiger partial charge is 0.326 e. The molecule has 5 nitrogen and oxygen atoms in total. The maximum Gasteiger partial charge on any atom is 0.326 e. The summed E-state index contributed by atoms with van der Waals surface area (Å²) >= 11 is 6.42. The van der Waals surface area contributed by atoms with E-state index in [1.165, 1.54) is 16.7 Å². The van der Waals surface area contributed by atoms with Gasteiger partial charge in [-0.15, -0.1) is 0 Å². The zero-order valence-corrected chi connectivity index (χ0v) is 16.1. The van der Waals surface area contributed by atoms with Crippen LogP contribution in [0.1, 0.15) is 32.8 Å². The summed E-state index contributed by atoms with van der Waals surface area (Å²) in [6.07, 6.45) is 2.28. The fourth-order valence-corrected chi connectivity index (χ4v) is 3.38. The van der Waals surface area contributed by atoms with Gasteiger partial charge in [-0.05, 0) is 32.4 Å². The third-order valence-electron chi connectivity index (χ3n) is 3.57. The van der Waals surface area contributed by atoms with Gasteiger partial charge in [0.1, 0.15) is 16.6 Å². The predicted molar refractivity (Wildman–Crippen MR) is 103 cm³/mol. The third kappa shape index (κ3) is 5.06. The van der Waals surface area contributed by atoms with E-state index in [2.05, 4.69) is 0 Å². The maximum absolute atomic E-state index is 12.6. The summed E-state index contributed by atoms with van der Waals surface area (Å²) in [6, 6.07) is 7.46. The molecular weight excluding hydrogens is 358 g/mol. The van der Waals surface area contributed by atoms with E-state index >= 15 is 0 Å². The average molecular weight is 380 g/mol. The molecule has 1 heterocycles. The number of hydrogen-bond acceptors (Lipinski definition) is 6. The first-order chi connectivity index (χ1) is 12.0. The topological polar surface area (TPSA) is 55.8 Å². The van der Waals surface area contributed by atoms with E-state index in [9.17, 15) is 9.59 Å². The number of hydrogen-bond donors (Lipinski definition) is 0. The highest BCUT2D eigenvalue weighted by atomic mass is 32.2. The molecule has 0 radical (unpaired) electrons. The van der Waals surface area contributed by atoms with Crippen molar-refractivity contribution in [2.75, 3.05) is 13.2 Å². The Kier molecular flexibility index (Phi) is 7.01. The summed E-state index contributed by atoms with van der Waals surface area (Å²) < 4.78 is 11.1. The van der Waals surface area contributed by atoms with Gasteiger partial charge in [0, 0.05) is 5.56 Å². The molecule has 7 heteroatoms. The van der Waals surface area contributed by atoms with E-state index in [0.717, 1.165) is 12.0 Å². The number of nitrogens with zero attached hydrogens (tertiary/aromatic N) is 1. The molecule has 1 aliphatic rings. The number of esters is 1. The van der Waals surface area contributed by atoms with Crippen LogP contribution in [0.3, 0.4) is 0 Å². The van der Waals surface area contributed by atoms with Gasteiger partial charge in [0.2, 0.25) is 0 Å². The highest BCUT2D eigenvalue weighted by molar-refractivity contribution is 8.26. The van der Waals surface area contributed by atoms with E-state index in [4.69, 9.17) is 21.7 Å². The van der Waals surface area contributed by atoms with Gasteiger partial charge in [0.05, 0.1) is 17.6 Å². The van der Waals surface area contributed by atoms with Gasteiger partial charge < -0.3 is 9.47 Å². The van der Waals surface area contributed by atoms with Gasteiger partial charge in [0.15, 0.2) is 0 Å². The van der Waals surface area contributed by atoms with E-state index in [0.29, 0.717) is 21.6 Å². The SMILES string of the molecule is CCOc1ccccc1/C=C1/SC(=S)N(CC(=O)O[C@H](C)CC)C1=O. The minimum atomic E-state index is -0.457. The number of amides is 1. The molecule has 0 bridgehead atoms. The zero-order valence-electron chi connectivity index (χ0n) is 14.5. The van der Waals surface area contributed by atoms with Crippen molar-refractivity contribution in [1.82, 2.24) is 4.90 Å². The second-order valence-electron chi connectivity index (χ2n) is 5.45. The van der Waals surface area contributed by atoms with E-state index in [1.807, 2.05) is 45.0 Å². The quantitative estimate of drug-likeness (QED) is 0.410. The lowest BCUT2D eigenvalue weighted by molar-refractivity contribution is -0.150. The first-order valence-electron chi connectivity index (χ1n) is 8.12. The molecule has 0 aromatic heterocycles. The monoisotopic (exact) mass is 379 g/mol. The molecule has 1 aliphatic heterocycles. The molecule has 0 spiro atoms. The molecule has 134 valence electrons. The third-order valence-corrected chi connectivity index (χ3v) is 4.95. The van der Waals surface area contributed by atoms with Crippen molar-refractivity contribution in [1.29, 1.82) is 0 Å². The van der Waals surface area contributed by atoms with Crippen molar-refractivity contribution in [2.24, 2.45) is 0 Å². The number of thioether (sulfide) groups is 1. The summed E-state index contributed by atoms with van der Waals surface area (Å²) in [4.78, 5) is 26.3. The van der Waals surface area contributed by atoms with Crippen molar-refractivity contribution < 1.29 is 19.1 Å². The van der Waals surface area contributed by atoms with Crippen LogP contribution in [0.4, 0.5) is 0 Å². The zero-order chi connectivity index (χ0) is 18.4. The van der Waals surface area contributed by atoms with Crippen molar-refractivity contribution >= 4 is 46.3 Å². The molecule has 25 heavy (non-hydrogen) atoms. The Bertz CT molecular complexity index is 702. The molecular formula is C18H21NO4S2.